The van der Waals surface area contributed by atoms with E-state index in [-0.39, 0.29) is 17.3 Å². The highest BCUT2D eigenvalue weighted by atomic mass is 35.5. The van der Waals surface area contributed by atoms with Crippen LogP contribution in [0.3, 0.4) is 0 Å². The van der Waals surface area contributed by atoms with E-state index >= 15 is 0 Å². The second-order valence-electron chi connectivity index (χ2n) is 2.21. The maximum absolute atomic E-state index is 10.4. The number of nitro benzene ring substituents is 1. The highest BCUT2D eigenvalue weighted by molar-refractivity contribution is 6.33. The van der Waals surface area contributed by atoms with Gasteiger partial charge in [0.15, 0.2) is 0 Å². The van der Waals surface area contributed by atoms with E-state index in [0.29, 0.717) is 5.56 Å². The molecule has 0 aliphatic heterocycles. The zero-order valence-corrected chi connectivity index (χ0v) is 6.91. The Balaban J connectivity index is 3.23. The first-order valence-corrected chi connectivity index (χ1v) is 3.66. The van der Waals surface area contributed by atoms with Gasteiger partial charge in [0.05, 0.1) is 4.92 Å². The molecule has 0 bridgehead atoms. The van der Waals surface area contributed by atoms with Crippen molar-refractivity contribution in [1.29, 1.82) is 0 Å². The summed E-state index contributed by atoms with van der Waals surface area (Å²) in [4.78, 5) is 9.84. The fourth-order valence-corrected chi connectivity index (χ4v) is 1.14. The van der Waals surface area contributed by atoms with Crippen LogP contribution in [0.25, 0.3) is 0 Å². The van der Waals surface area contributed by atoms with E-state index in [0.717, 1.165) is 0 Å². The van der Waals surface area contributed by atoms with Gasteiger partial charge in [0, 0.05) is 12.6 Å². The zero-order chi connectivity index (χ0) is 9.14. The van der Waals surface area contributed by atoms with E-state index in [1.54, 1.807) is 12.1 Å². The fourth-order valence-electron chi connectivity index (χ4n) is 0.865. The number of halogens is 1. The van der Waals surface area contributed by atoms with Crippen LogP contribution >= 0.6 is 11.6 Å². The monoisotopic (exact) mass is 186 g/mol. The topological polar surface area (TPSA) is 69.2 Å². The number of hydrogen-bond donors (Lipinski definition) is 1. The van der Waals surface area contributed by atoms with Gasteiger partial charge in [-0.05, 0) is 5.56 Å². The van der Waals surface area contributed by atoms with Crippen molar-refractivity contribution < 1.29 is 4.92 Å². The Kier molecular flexibility index (Phi) is 2.62. The first-order valence-electron chi connectivity index (χ1n) is 3.28. The summed E-state index contributed by atoms with van der Waals surface area (Å²) in [6.45, 7) is 0.209. The molecule has 1 aromatic carbocycles. The Hall–Kier alpha value is -1.13. The minimum absolute atomic E-state index is 0.0976. The molecular weight excluding hydrogens is 180 g/mol. The largest absolute Gasteiger partial charge is 0.326 e. The first-order chi connectivity index (χ1) is 5.66. The van der Waals surface area contributed by atoms with Crippen LogP contribution in [0.5, 0.6) is 0 Å². The van der Waals surface area contributed by atoms with Crippen LogP contribution in [-0.2, 0) is 6.54 Å². The van der Waals surface area contributed by atoms with Crippen molar-refractivity contribution in [2.75, 3.05) is 0 Å². The quantitative estimate of drug-likeness (QED) is 0.565. The van der Waals surface area contributed by atoms with Crippen LogP contribution in [0.1, 0.15) is 5.56 Å². The Morgan fingerprint density at radius 1 is 1.58 bits per heavy atom. The van der Waals surface area contributed by atoms with Gasteiger partial charge in [-0.2, -0.15) is 0 Å². The Labute approximate surface area is 74.1 Å². The van der Waals surface area contributed by atoms with Gasteiger partial charge in [-0.25, -0.2) is 0 Å². The van der Waals surface area contributed by atoms with Crippen LogP contribution in [0.15, 0.2) is 18.2 Å². The van der Waals surface area contributed by atoms with Crippen LogP contribution in [-0.4, -0.2) is 4.92 Å². The molecule has 0 aliphatic carbocycles. The molecule has 0 atom stereocenters. The van der Waals surface area contributed by atoms with Gasteiger partial charge >= 0.3 is 0 Å². The smallest absolute Gasteiger partial charge is 0.288 e. The zero-order valence-electron chi connectivity index (χ0n) is 6.16. The summed E-state index contributed by atoms with van der Waals surface area (Å²) in [6, 6.07) is 4.57. The molecule has 0 unspecified atom stereocenters. The number of nitrogens with two attached hydrogens (primary N) is 1. The molecule has 0 spiro atoms. The average Bonchev–Trinajstić information content (AvgIpc) is 2.04. The van der Waals surface area contributed by atoms with E-state index < -0.39 is 4.92 Å². The van der Waals surface area contributed by atoms with Crippen LogP contribution in [0, 0.1) is 10.1 Å². The summed E-state index contributed by atoms with van der Waals surface area (Å²) < 4.78 is 0. The Bertz CT molecular complexity index is 314. The van der Waals surface area contributed by atoms with Gasteiger partial charge in [0.2, 0.25) is 0 Å². The summed E-state index contributed by atoms with van der Waals surface area (Å²) in [7, 11) is 0. The number of benzene rings is 1. The van der Waals surface area contributed by atoms with Crippen molar-refractivity contribution >= 4 is 17.3 Å². The molecule has 0 heterocycles. The predicted molar refractivity (Wildman–Crippen MR) is 46.0 cm³/mol. The van der Waals surface area contributed by atoms with Gasteiger partial charge in [-0.1, -0.05) is 23.7 Å². The highest BCUT2D eigenvalue weighted by Crippen LogP contribution is 2.26. The SMILES string of the molecule is NCc1cccc([N+](=O)[O-])c1Cl. The maximum atomic E-state index is 10.4. The molecule has 4 nitrogen and oxygen atoms in total. The molecule has 0 radical (unpaired) electrons. The van der Waals surface area contributed by atoms with Gasteiger partial charge in [0.1, 0.15) is 5.02 Å². The number of hydrogen-bond acceptors (Lipinski definition) is 3. The van der Waals surface area contributed by atoms with E-state index in [9.17, 15) is 10.1 Å². The Morgan fingerprint density at radius 2 is 2.25 bits per heavy atom. The van der Waals surface area contributed by atoms with Crippen LogP contribution in [0.4, 0.5) is 5.69 Å². The van der Waals surface area contributed by atoms with Crippen LogP contribution in [0.2, 0.25) is 5.02 Å². The average molecular weight is 187 g/mol. The second kappa shape index (κ2) is 3.51. The van der Waals surface area contributed by atoms with E-state index in [4.69, 9.17) is 17.3 Å². The molecule has 2 N–H and O–H groups in total. The van der Waals surface area contributed by atoms with Crippen molar-refractivity contribution in [2.24, 2.45) is 5.73 Å². The number of nitrogens with zero attached hydrogens (tertiary/aromatic N) is 1. The summed E-state index contributed by atoms with van der Waals surface area (Å²) in [6.07, 6.45) is 0. The van der Waals surface area contributed by atoms with E-state index in [2.05, 4.69) is 0 Å². The minimum Gasteiger partial charge on any atom is -0.326 e. The highest BCUT2D eigenvalue weighted by Gasteiger charge is 2.13. The number of nitro groups is 1. The third kappa shape index (κ3) is 1.54. The summed E-state index contributed by atoms with van der Waals surface area (Å²) >= 11 is 5.68. The molecule has 0 saturated carbocycles. The minimum atomic E-state index is -0.526. The molecule has 0 saturated heterocycles. The lowest BCUT2D eigenvalue weighted by Crippen LogP contribution is -1.99. The lowest BCUT2D eigenvalue weighted by atomic mass is 10.2. The molecule has 5 heteroatoms. The lowest BCUT2D eigenvalue weighted by Gasteiger charge is -1.99. The van der Waals surface area contributed by atoms with Crippen molar-refractivity contribution in [3.63, 3.8) is 0 Å². The van der Waals surface area contributed by atoms with Gasteiger partial charge < -0.3 is 5.73 Å². The van der Waals surface area contributed by atoms with Crippen molar-refractivity contribution in [2.45, 2.75) is 6.54 Å². The van der Waals surface area contributed by atoms with E-state index in [1.165, 1.54) is 6.07 Å². The predicted octanol–water partition coefficient (Wildman–Crippen LogP) is 1.71. The van der Waals surface area contributed by atoms with Crippen molar-refractivity contribution in [3.05, 3.63) is 38.9 Å². The molecule has 64 valence electrons. The molecule has 0 aromatic heterocycles. The van der Waals surface area contributed by atoms with Crippen LogP contribution < -0.4 is 5.73 Å². The molecule has 0 amide bonds. The molecule has 0 fully saturated rings. The standard InChI is InChI=1S/C7H7ClN2O2/c8-7-5(4-9)2-1-3-6(7)10(11)12/h1-3H,4,9H2. The molecular formula is C7H7ClN2O2. The van der Waals surface area contributed by atoms with Gasteiger partial charge in [-0.15, -0.1) is 0 Å². The molecule has 12 heavy (non-hydrogen) atoms. The Morgan fingerprint density at radius 3 is 2.75 bits per heavy atom. The van der Waals surface area contributed by atoms with Gasteiger partial charge in [-0.3, -0.25) is 10.1 Å². The fraction of sp³-hybridized carbons (Fsp3) is 0.143. The molecule has 1 rings (SSSR count). The second-order valence-corrected chi connectivity index (χ2v) is 2.59. The third-order valence-corrected chi connectivity index (χ3v) is 1.91. The third-order valence-electron chi connectivity index (χ3n) is 1.47. The number of rotatable bonds is 2. The first kappa shape index (κ1) is 8.96. The summed E-state index contributed by atoms with van der Waals surface area (Å²) in [5.41, 5.74) is 5.80. The van der Waals surface area contributed by atoms with Crippen molar-refractivity contribution in [1.82, 2.24) is 0 Å². The van der Waals surface area contributed by atoms with Gasteiger partial charge in [0.25, 0.3) is 5.69 Å². The van der Waals surface area contributed by atoms with E-state index in [1.807, 2.05) is 0 Å². The molecule has 0 aliphatic rings. The lowest BCUT2D eigenvalue weighted by molar-refractivity contribution is -0.384. The summed E-state index contributed by atoms with van der Waals surface area (Å²) in [5, 5.41) is 10.5. The maximum Gasteiger partial charge on any atom is 0.288 e. The molecule has 1 aromatic rings. The summed E-state index contributed by atoms with van der Waals surface area (Å²) in [5.74, 6) is 0. The van der Waals surface area contributed by atoms with Crippen molar-refractivity contribution in [3.8, 4) is 0 Å². The normalized spacial score (nSPS) is 9.83.